The molecule has 1 saturated heterocycles. The van der Waals surface area contributed by atoms with Gasteiger partial charge in [-0.2, -0.15) is 0 Å². The number of imidazole rings is 1. The first-order chi connectivity index (χ1) is 12.5. The summed E-state index contributed by atoms with van der Waals surface area (Å²) in [6.07, 6.45) is 1.80. The number of halogens is 1. The molecule has 0 aliphatic carbocycles. The summed E-state index contributed by atoms with van der Waals surface area (Å²) in [6, 6.07) is 4.66. The number of hydrogen-bond acceptors (Lipinski definition) is 5. The Morgan fingerprint density at radius 2 is 2.19 bits per heavy atom. The molecule has 0 spiro atoms. The van der Waals surface area contributed by atoms with E-state index < -0.39 is 17.5 Å². The molecule has 1 aliphatic heterocycles. The number of carbonyl (C=O) groups is 2. The summed E-state index contributed by atoms with van der Waals surface area (Å²) in [7, 11) is 0. The Bertz CT molecular complexity index is 1090. The predicted octanol–water partition coefficient (Wildman–Crippen LogP) is 1.36. The van der Waals surface area contributed by atoms with Crippen molar-refractivity contribution in [2.75, 3.05) is 13.1 Å². The Morgan fingerprint density at radius 1 is 1.38 bits per heavy atom. The van der Waals surface area contributed by atoms with E-state index >= 15 is 0 Å². The van der Waals surface area contributed by atoms with Gasteiger partial charge in [-0.05, 0) is 19.1 Å². The number of hydrogen-bond donors (Lipinski definition) is 2. The minimum atomic E-state index is -0.859. The van der Waals surface area contributed by atoms with E-state index in [9.17, 15) is 14.4 Å². The number of nitrogens with one attached hydrogen (secondary N) is 2. The van der Waals surface area contributed by atoms with Gasteiger partial charge in [-0.25, -0.2) is 4.98 Å². The minimum absolute atomic E-state index is 0.0999. The molecule has 2 amide bonds. The minimum Gasteiger partial charge on any atom is -0.352 e. The van der Waals surface area contributed by atoms with Crippen molar-refractivity contribution < 1.29 is 9.59 Å². The summed E-state index contributed by atoms with van der Waals surface area (Å²) in [6.45, 7) is 2.43. The maximum atomic E-state index is 13.0. The largest absolute Gasteiger partial charge is 0.352 e. The highest BCUT2D eigenvalue weighted by Gasteiger charge is 2.39. The number of H-pyrrole nitrogens is 1. The Balaban J connectivity index is 1.84. The lowest BCUT2D eigenvalue weighted by Gasteiger charge is -2.34. The van der Waals surface area contributed by atoms with Crippen LogP contribution in [-0.4, -0.2) is 43.6 Å². The van der Waals surface area contributed by atoms with Gasteiger partial charge in [-0.15, -0.1) is 0 Å². The number of amides is 2. The third-order valence-electron chi connectivity index (χ3n) is 4.32. The van der Waals surface area contributed by atoms with Crippen LogP contribution in [0.5, 0.6) is 0 Å². The van der Waals surface area contributed by atoms with E-state index in [2.05, 4.69) is 14.7 Å². The number of aromatic amines is 1. The van der Waals surface area contributed by atoms with Crippen molar-refractivity contribution >= 4 is 40.6 Å². The summed E-state index contributed by atoms with van der Waals surface area (Å²) in [5.41, 5.74) is 1.45. The summed E-state index contributed by atoms with van der Waals surface area (Å²) >= 11 is 6.83. The molecule has 0 saturated carbocycles. The lowest BCUT2D eigenvalue weighted by molar-refractivity contribution is -0.128. The molecule has 0 bridgehead atoms. The average molecular weight is 392 g/mol. The molecule has 10 heteroatoms. The molecule has 1 atom stereocenters. The van der Waals surface area contributed by atoms with Crippen LogP contribution in [0.25, 0.3) is 5.65 Å². The van der Waals surface area contributed by atoms with Crippen molar-refractivity contribution in [3.05, 3.63) is 56.0 Å². The molecule has 0 radical (unpaired) electrons. The van der Waals surface area contributed by atoms with Gasteiger partial charge in [0.2, 0.25) is 5.91 Å². The summed E-state index contributed by atoms with van der Waals surface area (Å²) in [5.74, 6) is -0.749. The topological polar surface area (TPSA) is 99.6 Å². The maximum absolute atomic E-state index is 13.0. The first-order valence-electron chi connectivity index (χ1n) is 7.88. The zero-order valence-electron chi connectivity index (χ0n) is 13.7. The molecule has 3 aromatic heterocycles. The van der Waals surface area contributed by atoms with Crippen molar-refractivity contribution in [3.8, 4) is 0 Å². The number of piperazine rings is 1. The number of nitrogens with zero attached hydrogens (tertiary/aromatic N) is 3. The summed E-state index contributed by atoms with van der Waals surface area (Å²) in [5, 5.41) is 2.64. The van der Waals surface area contributed by atoms with Gasteiger partial charge in [-0.3, -0.25) is 18.8 Å². The Hall–Kier alpha value is -2.65. The number of rotatable bonds is 2. The predicted molar refractivity (Wildman–Crippen MR) is 96.7 cm³/mol. The van der Waals surface area contributed by atoms with Crippen molar-refractivity contribution in [1.29, 1.82) is 0 Å². The number of aryl methyl sites for hydroxylation is 1. The highest BCUT2D eigenvalue weighted by Crippen LogP contribution is 2.30. The van der Waals surface area contributed by atoms with E-state index in [1.165, 1.54) is 4.90 Å². The van der Waals surface area contributed by atoms with Crippen LogP contribution < -0.4 is 10.9 Å². The molecular weight excluding hydrogens is 378 g/mol. The Morgan fingerprint density at radius 3 is 2.92 bits per heavy atom. The van der Waals surface area contributed by atoms with Gasteiger partial charge >= 0.3 is 0 Å². The van der Waals surface area contributed by atoms with Crippen LogP contribution in [0, 0.1) is 6.92 Å². The number of fused-ring (bicyclic) bond motifs is 1. The van der Waals surface area contributed by atoms with Crippen LogP contribution in [0.4, 0.5) is 0 Å². The van der Waals surface area contributed by atoms with Crippen LogP contribution in [0.2, 0.25) is 5.02 Å². The molecule has 1 aliphatic rings. The van der Waals surface area contributed by atoms with Gasteiger partial charge in [-0.1, -0.05) is 29.2 Å². The third-order valence-corrected chi connectivity index (χ3v) is 5.66. The third kappa shape index (κ3) is 2.51. The SMILES string of the molecule is Cc1nc2ccccn2c1C1C(=O)NCCN1C(=O)c1s[nH]c(=O)c1Cl. The van der Waals surface area contributed by atoms with E-state index in [-0.39, 0.29) is 15.8 Å². The van der Waals surface area contributed by atoms with E-state index in [0.717, 1.165) is 11.5 Å². The molecule has 0 aromatic carbocycles. The van der Waals surface area contributed by atoms with Crippen molar-refractivity contribution in [2.45, 2.75) is 13.0 Å². The van der Waals surface area contributed by atoms with Gasteiger partial charge < -0.3 is 14.6 Å². The van der Waals surface area contributed by atoms with Gasteiger partial charge in [0.05, 0.1) is 11.4 Å². The molecule has 8 nitrogen and oxygen atoms in total. The van der Waals surface area contributed by atoms with E-state index in [0.29, 0.717) is 30.1 Å². The Kier molecular flexibility index (Phi) is 4.04. The maximum Gasteiger partial charge on any atom is 0.277 e. The van der Waals surface area contributed by atoms with Crippen LogP contribution in [0.1, 0.15) is 27.1 Å². The van der Waals surface area contributed by atoms with Crippen molar-refractivity contribution in [1.82, 2.24) is 24.0 Å². The molecule has 1 fully saturated rings. The monoisotopic (exact) mass is 391 g/mol. The van der Waals surface area contributed by atoms with E-state index in [4.69, 9.17) is 11.6 Å². The second-order valence-electron chi connectivity index (χ2n) is 5.88. The highest BCUT2D eigenvalue weighted by molar-refractivity contribution is 7.08. The fraction of sp³-hybridized carbons (Fsp3) is 0.250. The van der Waals surface area contributed by atoms with Crippen LogP contribution in [-0.2, 0) is 4.79 Å². The summed E-state index contributed by atoms with van der Waals surface area (Å²) < 4.78 is 4.25. The molecule has 1 unspecified atom stereocenters. The molecule has 26 heavy (non-hydrogen) atoms. The second-order valence-corrected chi connectivity index (χ2v) is 7.07. The Labute approximate surface area is 156 Å². The fourth-order valence-corrected chi connectivity index (χ4v) is 4.16. The van der Waals surface area contributed by atoms with Crippen LogP contribution in [0.3, 0.4) is 0 Å². The zero-order valence-corrected chi connectivity index (χ0v) is 15.2. The fourth-order valence-electron chi connectivity index (χ4n) is 3.18. The number of pyridine rings is 1. The van der Waals surface area contributed by atoms with Crippen molar-refractivity contribution in [3.63, 3.8) is 0 Å². The smallest absolute Gasteiger partial charge is 0.277 e. The lowest BCUT2D eigenvalue weighted by atomic mass is 10.1. The molecule has 4 heterocycles. The second kappa shape index (κ2) is 6.26. The first kappa shape index (κ1) is 16.8. The zero-order chi connectivity index (χ0) is 18.4. The molecule has 2 N–H and O–H groups in total. The van der Waals surface area contributed by atoms with Gasteiger partial charge in [0.25, 0.3) is 11.5 Å². The average Bonchev–Trinajstić information content (AvgIpc) is 3.13. The standard InChI is InChI=1S/C16H14ClN5O3S/c1-8-11(21-6-3-2-4-9(21)19-8)12-15(24)18-5-7-22(12)16(25)13-10(17)14(23)20-26-13/h2-4,6,12H,5,7H2,1H3,(H,18,24)(H,20,23). The highest BCUT2D eigenvalue weighted by atomic mass is 35.5. The lowest BCUT2D eigenvalue weighted by Crippen LogP contribution is -2.52. The molecular formula is C16H14ClN5O3S. The van der Waals surface area contributed by atoms with Gasteiger partial charge in [0.15, 0.2) is 6.04 Å². The molecule has 134 valence electrons. The van der Waals surface area contributed by atoms with Crippen molar-refractivity contribution in [2.24, 2.45) is 0 Å². The van der Waals surface area contributed by atoms with Gasteiger partial charge in [0, 0.05) is 19.3 Å². The molecule has 3 aromatic rings. The quantitative estimate of drug-likeness (QED) is 0.688. The van der Waals surface area contributed by atoms with E-state index in [1.807, 2.05) is 18.2 Å². The van der Waals surface area contributed by atoms with Crippen LogP contribution in [0.15, 0.2) is 29.2 Å². The van der Waals surface area contributed by atoms with Crippen LogP contribution >= 0.6 is 23.1 Å². The van der Waals surface area contributed by atoms with E-state index in [1.54, 1.807) is 17.5 Å². The normalized spacial score (nSPS) is 17.5. The number of carbonyl (C=O) groups excluding carboxylic acids is 2. The number of aromatic nitrogens is 3. The molecule has 4 rings (SSSR count). The summed E-state index contributed by atoms with van der Waals surface area (Å²) in [4.78, 5) is 43.3. The first-order valence-corrected chi connectivity index (χ1v) is 9.07. The van der Waals surface area contributed by atoms with Gasteiger partial charge in [0.1, 0.15) is 15.5 Å².